The molecule has 4 heteroatoms. The van der Waals surface area contributed by atoms with Crippen molar-refractivity contribution in [2.75, 3.05) is 7.05 Å². The Morgan fingerprint density at radius 1 is 1.19 bits per heavy atom. The molecule has 0 bridgehead atoms. The zero-order valence-corrected chi connectivity index (χ0v) is 13.8. The largest absolute Gasteiger partial charge is 0.331 e. The molecule has 2 aromatic rings. The molecular weight excluding hydrogens is 328 g/mol. The molecule has 0 spiro atoms. The van der Waals surface area contributed by atoms with E-state index in [1.165, 1.54) is 0 Å². The van der Waals surface area contributed by atoms with E-state index in [0.29, 0.717) is 6.54 Å². The van der Waals surface area contributed by atoms with E-state index in [-0.39, 0.29) is 12.1 Å². The van der Waals surface area contributed by atoms with Gasteiger partial charge in [0.2, 0.25) is 0 Å². The van der Waals surface area contributed by atoms with E-state index in [2.05, 4.69) is 21.2 Å². The molecule has 2 rings (SSSR count). The fraction of sp³-hybridized carbons (Fsp3) is 0.235. The van der Waals surface area contributed by atoms with Gasteiger partial charge in [0.15, 0.2) is 0 Å². The van der Waals surface area contributed by atoms with Crippen LogP contribution in [-0.2, 0) is 6.54 Å². The highest BCUT2D eigenvalue weighted by molar-refractivity contribution is 9.10. The molecule has 0 aliphatic heterocycles. The summed E-state index contributed by atoms with van der Waals surface area (Å²) in [7, 11) is 1.80. The first-order valence-corrected chi connectivity index (χ1v) is 7.66. The summed E-state index contributed by atoms with van der Waals surface area (Å²) in [5.74, 6) is 0. The molecule has 0 saturated heterocycles. The number of halogens is 1. The smallest absolute Gasteiger partial charge is 0.317 e. The highest BCUT2D eigenvalue weighted by Gasteiger charge is 2.13. The van der Waals surface area contributed by atoms with E-state index in [1.54, 1.807) is 11.9 Å². The fourth-order valence-corrected chi connectivity index (χ4v) is 2.50. The monoisotopic (exact) mass is 346 g/mol. The van der Waals surface area contributed by atoms with Gasteiger partial charge >= 0.3 is 6.03 Å². The molecule has 2 amide bonds. The second-order valence-electron chi connectivity index (χ2n) is 5.07. The molecule has 1 N–H and O–H groups in total. The van der Waals surface area contributed by atoms with Crippen molar-refractivity contribution >= 4 is 22.0 Å². The minimum Gasteiger partial charge on any atom is -0.331 e. The molecule has 110 valence electrons. The molecule has 0 fully saturated rings. The summed E-state index contributed by atoms with van der Waals surface area (Å²) in [4.78, 5) is 13.9. The van der Waals surface area contributed by atoms with Crippen LogP contribution in [0.5, 0.6) is 0 Å². The van der Waals surface area contributed by atoms with Crippen molar-refractivity contribution in [1.82, 2.24) is 10.2 Å². The topological polar surface area (TPSA) is 32.3 Å². The Bertz CT molecular complexity index is 601. The molecule has 0 radical (unpaired) electrons. The van der Waals surface area contributed by atoms with Gasteiger partial charge in [-0.1, -0.05) is 58.4 Å². The molecule has 0 aliphatic rings. The molecule has 2 aromatic carbocycles. The Labute approximate surface area is 134 Å². The molecule has 0 aromatic heterocycles. The van der Waals surface area contributed by atoms with Crippen LogP contribution in [0.4, 0.5) is 4.79 Å². The molecule has 1 unspecified atom stereocenters. The van der Waals surface area contributed by atoms with Crippen molar-refractivity contribution in [3.63, 3.8) is 0 Å². The minimum absolute atomic E-state index is 0.0341. The van der Waals surface area contributed by atoms with Gasteiger partial charge in [0, 0.05) is 18.1 Å². The first kappa shape index (κ1) is 15.6. The Morgan fingerprint density at radius 3 is 2.57 bits per heavy atom. The number of rotatable bonds is 4. The maximum Gasteiger partial charge on any atom is 0.317 e. The van der Waals surface area contributed by atoms with E-state index in [0.717, 1.165) is 15.6 Å². The van der Waals surface area contributed by atoms with Crippen LogP contribution in [0.15, 0.2) is 59.1 Å². The van der Waals surface area contributed by atoms with Crippen molar-refractivity contribution in [3.05, 3.63) is 70.2 Å². The first-order valence-electron chi connectivity index (χ1n) is 6.87. The van der Waals surface area contributed by atoms with Crippen LogP contribution in [-0.4, -0.2) is 18.0 Å². The molecule has 1 atom stereocenters. The SMILES string of the molecule is CC(NC(=O)N(C)Cc1ccccc1)c1cccc(Br)c1. The van der Waals surface area contributed by atoms with Gasteiger partial charge in [-0.05, 0) is 30.2 Å². The summed E-state index contributed by atoms with van der Waals surface area (Å²) in [6.07, 6.45) is 0. The summed E-state index contributed by atoms with van der Waals surface area (Å²) in [6, 6.07) is 17.8. The summed E-state index contributed by atoms with van der Waals surface area (Å²) in [5, 5.41) is 3.01. The van der Waals surface area contributed by atoms with Gasteiger partial charge in [-0.15, -0.1) is 0 Å². The van der Waals surface area contributed by atoms with Crippen molar-refractivity contribution in [3.8, 4) is 0 Å². The van der Waals surface area contributed by atoms with E-state index >= 15 is 0 Å². The molecule has 21 heavy (non-hydrogen) atoms. The van der Waals surface area contributed by atoms with E-state index in [1.807, 2.05) is 61.5 Å². The standard InChI is InChI=1S/C17H19BrN2O/c1-13(15-9-6-10-16(18)11-15)19-17(21)20(2)12-14-7-4-3-5-8-14/h3-11,13H,12H2,1-2H3,(H,19,21). The quantitative estimate of drug-likeness (QED) is 0.876. The highest BCUT2D eigenvalue weighted by atomic mass is 79.9. The summed E-state index contributed by atoms with van der Waals surface area (Å²) in [6.45, 7) is 2.58. The zero-order chi connectivity index (χ0) is 15.2. The lowest BCUT2D eigenvalue weighted by atomic mass is 10.1. The summed E-state index contributed by atoms with van der Waals surface area (Å²) in [5.41, 5.74) is 2.19. The third kappa shape index (κ3) is 4.60. The minimum atomic E-state index is -0.0775. The molecular formula is C17H19BrN2O. The number of nitrogens with one attached hydrogen (secondary N) is 1. The van der Waals surface area contributed by atoms with Crippen LogP contribution in [0.25, 0.3) is 0 Å². The van der Waals surface area contributed by atoms with Crippen molar-refractivity contribution in [2.24, 2.45) is 0 Å². The maximum absolute atomic E-state index is 12.2. The Kier molecular flexibility index (Phi) is 5.39. The Hall–Kier alpha value is -1.81. The second kappa shape index (κ2) is 7.27. The maximum atomic E-state index is 12.2. The Morgan fingerprint density at radius 2 is 1.90 bits per heavy atom. The number of carbonyl (C=O) groups excluding carboxylic acids is 1. The van der Waals surface area contributed by atoms with Crippen LogP contribution < -0.4 is 5.32 Å². The van der Waals surface area contributed by atoms with Gasteiger partial charge in [-0.25, -0.2) is 4.79 Å². The van der Waals surface area contributed by atoms with E-state index < -0.39 is 0 Å². The van der Waals surface area contributed by atoms with Crippen LogP contribution in [0.2, 0.25) is 0 Å². The lowest BCUT2D eigenvalue weighted by Crippen LogP contribution is -2.38. The van der Waals surface area contributed by atoms with Gasteiger partial charge in [0.25, 0.3) is 0 Å². The number of carbonyl (C=O) groups is 1. The molecule has 0 heterocycles. The normalized spacial score (nSPS) is 11.8. The lowest BCUT2D eigenvalue weighted by molar-refractivity contribution is 0.203. The summed E-state index contributed by atoms with van der Waals surface area (Å²) < 4.78 is 1.01. The van der Waals surface area contributed by atoms with Gasteiger partial charge in [0.1, 0.15) is 0 Å². The van der Waals surface area contributed by atoms with Crippen LogP contribution >= 0.6 is 15.9 Å². The van der Waals surface area contributed by atoms with E-state index in [4.69, 9.17) is 0 Å². The zero-order valence-electron chi connectivity index (χ0n) is 12.2. The third-order valence-corrected chi connectivity index (χ3v) is 3.79. The average Bonchev–Trinajstić information content (AvgIpc) is 2.48. The van der Waals surface area contributed by atoms with Gasteiger partial charge < -0.3 is 10.2 Å². The fourth-order valence-electron chi connectivity index (χ4n) is 2.08. The third-order valence-electron chi connectivity index (χ3n) is 3.30. The molecule has 0 aliphatic carbocycles. The summed E-state index contributed by atoms with van der Waals surface area (Å²) >= 11 is 3.45. The number of nitrogens with zero attached hydrogens (tertiary/aromatic N) is 1. The number of urea groups is 1. The Balaban J connectivity index is 1.94. The predicted octanol–water partition coefficient (Wildman–Crippen LogP) is 4.35. The lowest BCUT2D eigenvalue weighted by Gasteiger charge is -2.22. The molecule has 3 nitrogen and oxygen atoms in total. The van der Waals surface area contributed by atoms with Crippen molar-refractivity contribution in [1.29, 1.82) is 0 Å². The van der Waals surface area contributed by atoms with Gasteiger partial charge in [-0.2, -0.15) is 0 Å². The van der Waals surface area contributed by atoms with Crippen molar-refractivity contribution < 1.29 is 4.79 Å². The van der Waals surface area contributed by atoms with Crippen LogP contribution in [0.3, 0.4) is 0 Å². The number of hydrogen-bond donors (Lipinski definition) is 1. The first-order chi connectivity index (χ1) is 10.1. The number of hydrogen-bond acceptors (Lipinski definition) is 1. The highest BCUT2D eigenvalue weighted by Crippen LogP contribution is 2.18. The van der Waals surface area contributed by atoms with Crippen molar-refractivity contribution in [2.45, 2.75) is 19.5 Å². The predicted molar refractivity (Wildman–Crippen MR) is 89.0 cm³/mol. The van der Waals surface area contributed by atoms with Gasteiger partial charge in [-0.3, -0.25) is 0 Å². The van der Waals surface area contributed by atoms with Gasteiger partial charge in [0.05, 0.1) is 6.04 Å². The van der Waals surface area contributed by atoms with Crippen LogP contribution in [0.1, 0.15) is 24.1 Å². The number of amides is 2. The molecule has 0 saturated carbocycles. The van der Waals surface area contributed by atoms with E-state index in [9.17, 15) is 4.79 Å². The number of benzene rings is 2. The van der Waals surface area contributed by atoms with Crippen LogP contribution in [0, 0.1) is 0 Å². The second-order valence-corrected chi connectivity index (χ2v) is 5.98. The average molecular weight is 347 g/mol.